The van der Waals surface area contributed by atoms with Gasteiger partial charge in [0.1, 0.15) is 5.75 Å². The van der Waals surface area contributed by atoms with E-state index in [-0.39, 0.29) is 0 Å². The minimum atomic E-state index is 0.321. The van der Waals surface area contributed by atoms with Crippen LogP contribution in [-0.2, 0) is 17.9 Å². The fourth-order valence-electron chi connectivity index (χ4n) is 2.05. The van der Waals surface area contributed by atoms with Crippen LogP contribution >= 0.6 is 11.6 Å². The summed E-state index contributed by atoms with van der Waals surface area (Å²) in [5, 5.41) is 3.88. The Morgan fingerprint density at radius 2 is 2.28 bits per heavy atom. The van der Waals surface area contributed by atoms with Gasteiger partial charge in [0.05, 0.1) is 6.61 Å². The Balaban J connectivity index is 2.13. The van der Waals surface area contributed by atoms with Gasteiger partial charge in [-0.3, -0.25) is 0 Å². The number of hydrogen-bond acceptors (Lipinski definition) is 4. The van der Waals surface area contributed by atoms with E-state index in [1.807, 2.05) is 19.2 Å². The first-order chi connectivity index (χ1) is 8.70. The lowest BCUT2D eigenvalue weighted by Gasteiger charge is -2.24. The van der Waals surface area contributed by atoms with Gasteiger partial charge in [-0.15, -0.1) is 0 Å². The lowest BCUT2D eigenvalue weighted by Crippen LogP contribution is -2.27. The van der Waals surface area contributed by atoms with E-state index >= 15 is 0 Å². The van der Waals surface area contributed by atoms with Crippen LogP contribution in [0.15, 0.2) is 12.1 Å². The van der Waals surface area contributed by atoms with Gasteiger partial charge in [-0.05, 0) is 26.2 Å². The molecule has 0 fully saturated rings. The molecule has 0 aromatic heterocycles. The van der Waals surface area contributed by atoms with E-state index in [9.17, 15) is 0 Å². The third kappa shape index (κ3) is 3.36. The lowest BCUT2D eigenvalue weighted by molar-refractivity contribution is -0.0173. The van der Waals surface area contributed by atoms with Crippen molar-refractivity contribution in [2.75, 3.05) is 34.0 Å². The van der Waals surface area contributed by atoms with Gasteiger partial charge >= 0.3 is 0 Å². The van der Waals surface area contributed by atoms with E-state index in [1.165, 1.54) is 0 Å². The SMILES string of the molecule is CNCCN(C)Cc1cc(Cl)cc2c1OCOC2. The minimum Gasteiger partial charge on any atom is -0.467 e. The number of hydrogen-bond donors (Lipinski definition) is 1. The summed E-state index contributed by atoms with van der Waals surface area (Å²) in [4.78, 5) is 2.24. The Morgan fingerprint density at radius 3 is 3.06 bits per heavy atom. The van der Waals surface area contributed by atoms with Crippen LogP contribution in [0.25, 0.3) is 0 Å². The van der Waals surface area contributed by atoms with Crippen LogP contribution < -0.4 is 10.1 Å². The van der Waals surface area contributed by atoms with Gasteiger partial charge < -0.3 is 19.7 Å². The van der Waals surface area contributed by atoms with E-state index in [0.717, 1.165) is 41.5 Å². The van der Waals surface area contributed by atoms with Crippen LogP contribution in [0.2, 0.25) is 5.02 Å². The summed E-state index contributed by atoms with van der Waals surface area (Å²) < 4.78 is 10.9. The molecule has 1 aliphatic heterocycles. The topological polar surface area (TPSA) is 33.7 Å². The number of likely N-dealkylation sites (N-methyl/N-ethyl adjacent to an activating group) is 2. The van der Waals surface area contributed by atoms with Crippen LogP contribution in [-0.4, -0.2) is 38.9 Å². The molecule has 1 aromatic rings. The highest BCUT2D eigenvalue weighted by atomic mass is 35.5. The molecule has 0 aliphatic carbocycles. The fourth-order valence-corrected chi connectivity index (χ4v) is 2.31. The summed E-state index contributed by atoms with van der Waals surface area (Å²) in [6.45, 7) is 3.66. The van der Waals surface area contributed by atoms with E-state index in [0.29, 0.717) is 13.4 Å². The van der Waals surface area contributed by atoms with E-state index in [2.05, 4.69) is 17.3 Å². The molecule has 0 saturated carbocycles. The molecule has 0 saturated heterocycles. The summed E-state index contributed by atoms with van der Waals surface area (Å²) in [6, 6.07) is 3.88. The maximum absolute atomic E-state index is 6.13. The Hall–Kier alpha value is -0.810. The van der Waals surface area contributed by atoms with Crippen molar-refractivity contribution in [2.45, 2.75) is 13.2 Å². The molecule has 0 radical (unpaired) electrons. The highest BCUT2D eigenvalue weighted by Crippen LogP contribution is 2.32. The average Bonchev–Trinajstić information content (AvgIpc) is 2.36. The zero-order valence-electron chi connectivity index (χ0n) is 10.8. The number of nitrogens with one attached hydrogen (secondary N) is 1. The summed E-state index contributed by atoms with van der Waals surface area (Å²) in [6.07, 6.45) is 0. The maximum Gasteiger partial charge on any atom is 0.189 e. The maximum atomic E-state index is 6.13. The number of rotatable bonds is 5. The summed E-state index contributed by atoms with van der Waals surface area (Å²) in [5.74, 6) is 0.932. The number of nitrogens with zero attached hydrogens (tertiary/aromatic N) is 1. The normalized spacial score (nSPS) is 14.4. The van der Waals surface area contributed by atoms with Crippen molar-refractivity contribution in [3.05, 3.63) is 28.3 Å². The van der Waals surface area contributed by atoms with Crippen molar-refractivity contribution in [1.82, 2.24) is 10.2 Å². The predicted octanol–water partition coefficient (Wildman–Crippen LogP) is 1.86. The number of fused-ring (bicyclic) bond motifs is 1. The van der Waals surface area contributed by atoms with Gasteiger partial charge in [0, 0.05) is 35.8 Å². The van der Waals surface area contributed by atoms with Crippen molar-refractivity contribution in [3.8, 4) is 5.75 Å². The number of benzene rings is 1. The molecular formula is C13H19ClN2O2. The smallest absolute Gasteiger partial charge is 0.189 e. The lowest BCUT2D eigenvalue weighted by atomic mass is 10.1. The largest absolute Gasteiger partial charge is 0.467 e. The van der Waals surface area contributed by atoms with Crippen molar-refractivity contribution < 1.29 is 9.47 Å². The van der Waals surface area contributed by atoms with Gasteiger partial charge in [0.25, 0.3) is 0 Å². The second kappa shape index (κ2) is 6.38. The Morgan fingerprint density at radius 1 is 1.44 bits per heavy atom. The van der Waals surface area contributed by atoms with Crippen molar-refractivity contribution in [3.63, 3.8) is 0 Å². The molecule has 18 heavy (non-hydrogen) atoms. The van der Waals surface area contributed by atoms with Gasteiger partial charge in [0.15, 0.2) is 6.79 Å². The molecule has 100 valence electrons. The van der Waals surface area contributed by atoms with Crippen LogP contribution in [0, 0.1) is 0 Å². The molecule has 1 aromatic carbocycles. The summed E-state index contributed by atoms with van der Waals surface area (Å²) >= 11 is 6.13. The fraction of sp³-hybridized carbons (Fsp3) is 0.538. The zero-order valence-corrected chi connectivity index (χ0v) is 11.6. The van der Waals surface area contributed by atoms with Crippen LogP contribution in [0.4, 0.5) is 0 Å². The predicted molar refractivity (Wildman–Crippen MR) is 72.0 cm³/mol. The van der Waals surface area contributed by atoms with Crippen molar-refractivity contribution in [1.29, 1.82) is 0 Å². The molecule has 5 heteroatoms. The molecule has 4 nitrogen and oxygen atoms in total. The Bertz CT molecular complexity index is 412. The molecule has 0 unspecified atom stereocenters. The van der Waals surface area contributed by atoms with Crippen LogP contribution in [0.1, 0.15) is 11.1 Å². The molecule has 1 N–H and O–H groups in total. The quantitative estimate of drug-likeness (QED) is 0.886. The molecule has 1 heterocycles. The molecule has 0 spiro atoms. The third-order valence-corrected chi connectivity index (χ3v) is 3.15. The minimum absolute atomic E-state index is 0.321. The Kier molecular flexibility index (Phi) is 4.83. The monoisotopic (exact) mass is 270 g/mol. The standard InChI is InChI=1S/C13H19ClN2O2/c1-15-3-4-16(2)7-10-5-12(14)6-11-8-17-9-18-13(10)11/h5-6,15H,3-4,7-9H2,1-2H3. The van der Waals surface area contributed by atoms with Crippen LogP contribution in [0.5, 0.6) is 5.75 Å². The first kappa shape index (κ1) is 13.6. The van der Waals surface area contributed by atoms with E-state index in [1.54, 1.807) is 0 Å². The average molecular weight is 271 g/mol. The second-order valence-electron chi connectivity index (χ2n) is 4.51. The molecule has 2 rings (SSSR count). The number of ether oxygens (including phenoxy) is 2. The van der Waals surface area contributed by atoms with Gasteiger partial charge in [-0.2, -0.15) is 0 Å². The Labute approximate surface area is 113 Å². The van der Waals surface area contributed by atoms with E-state index < -0.39 is 0 Å². The van der Waals surface area contributed by atoms with Crippen LogP contribution in [0.3, 0.4) is 0 Å². The molecular weight excluding hydrogens is 252 g/mol. The zero-order chi connectivity index (χ0) is 13.0. The molecule has 0 bridgehead atoms. The highest BCUT2D eigenvalue weighted by molar-refractivity contribution is 6.30. The number of halogens is 1. The van der Waals surface area contributed by atoms with Crippen molar-refractivity contribution in [2.24, 2.45) is 0 Å². The van der Waals surface area contributed by atoms with Gasteiger partial charge in [-0.1, -0.05) is 11.6 Å². The first-order valence-electron chi connectivity index (χ1n) is 6.05. The summed E-state index contributed by atoms with van der Waals surface area (Å²) in [7, 11) is 4.04. The van der Waals surface area contributed by atoms with Crippen molar-refractivity contribution >= 4 is 11.6 Å². The molecule has 0 atom stereocenters. The molecule has 1 aliphatic rings. The van der Waals surface area contributed by atoms with Gasteiger partial charge in [-0.25, -0.2) is 0 Å². The summed E-state index contributed by atoms with van der Waals surface area (Å²) in [5.41, 5.74) is 2.16. The van der Waals surface area contributed by atoms with E-state index in [4.69, 9.17) is 21.1 Å². The second-order valence-corrected chi connectivity index (χ2v) is 4.94. The third-order valence-electron chi connectivity index (χ3n) is 2.94. The first-order valence-corrected chi connectivity index (χ1v) is 6.43. The van der Waals surface area contributed by atoms with Gasteiger partial charge in [0.2, 0.25) is 0 Å². The molecule has 0 amide bonds. The highest BCUT2D eigenvalue weighted by Gasteiger charge is 2.17.